The first-order valence-electron chi connectivity index (χ1n) is 6.63. The summed E-state index contributed by atoms with van der Waals surface area (Å²) in [5.74, 6) is 0.623. The van der Waals surface area contributed by atoms with Crippen molar-refractivity contribution in [1.82, 2.24) is 20.5 Å². The van der Waals surface area contributed by atoms with Crippen molar-refractivity contribution in [3.8, 4) is 0 Å². The molecule has 1 heterocycles. The fourth-order valence-electron chi connectivity index (χ4n) is 1.67. The quantitative estimate of drug-likeness (QED) is 0.901. The van der Waals surface area contributed by atoms with E-state index in [1.54, 1.807) is 0 Å². The monoisotopic (exact) mass is 272 g/mol. The van der Waals surface area contributed by atoms with Gasteiger partial charge in [-0.05, 0) is 12.5 Å². The molecule has 0 aliphatic heterocycles. The predicted octanol–water partition coefficient (Wildman–Crippen LogP) is 2.34. The Morgan fingerprint density at radius 3 is 2.45 bits per heavy atom. The first-order valence-corrected chi connectivity index (χ1v) is 6.63. The number of aromatic amines is 1. The number of hydrogen-bond donors (Lipinski definition) is 2. The highest BCUT2D eigenvalue weighted by Gasteiger charge is 2.21. The van der Waals surface area contributed by atoms with Gasteiger partial charge >= 0.3 is 0 Å². The van der Waals surface area contributed by atoms with Crippen LogP contribution < -0.4 is 5.32 Å². The third-order valence-electron chi connectivity index (χ3n) is 2.97. The van der Waals surface area contributed by atoms with Gasteiger partial charge in [-0.25, -0.2) is 4.98 Å². The number of carbonyl (C=O) groups is 1. The van der Waals surface area contributed by atoms with Crippen LogP contribution in [0.15, 0.2) is 24.3 Å². The number of hydrogen-bond acceptors (Lipinski definition) is 3. The Labute approximate surface area is 118 Å². The van der Waals surface area contributed by atoms with Crippen LogP contribution in [0.1, 0.15) is 48.3 Å². The summed E-state index contributed by atoms with van der Waals surface area (Å²) in [6.45, 7) is 8.55. The number of nitrogens with zero attached hydrogens (tertiary/aromatic N) is 2. The van der Waals surface area contributed by atoms with E-state index >= 15 is 0 Å². The Morgan fingerprint density at radius 2 is 1.90 bits per heavy atom. The summed E-state index contributed by atoms with van der Waals surface area (Å²) in [7, 11) is 0. The van der Waals surface area contributed by atoms with E-state index in [9.17, 15) is 4.79 Å². The lowest BCUT2D eigenvalue weighted by molar-refractivity contribution is 0.0941. The van der Waals surface area contributed by atoms with Crippen molar-refractivity contribution in [2.24, 2.45) is 0 Å². The van der Waals surface area contributed by atoms with E-state index in [0.717, 1.165) is 5.56 Å². The molecule has 5 nitrogen and oxygen atoms in total. The number of aromatic nitrogens is 3. The van der Waals surface area contributed by atoms with Gasteiger partial charge in [0.25, 0.3) is 5.91 Å². The van der Waals surface area contributed by atoms with Crippen molar-refractivity contribution in [1.29, 1.82) is 0 Å². The van der Waals surface area contributed by atoms with Gasteiger partial charge in [0.15, 0.2) is 0 Å². The number of benzene rings is 1. The second-order valence-corrected chi connectivity index (χ2v) is 5.93. The molecule has 0 unspecified atom stereocenters. The van der Waals surface area contributed by atoms with E-state index in [-0.39, 0.29) is 17.1 Å². The molecule has 0 saturated carbocycles. The third kappa shape index (κ3) is 3.44. The lowest BCUT2D eigenvalue weighted by atomic mass is 9.96. The van der Waals surface area contributed by atoms with Crippen LogP contribution >= 0.6 is 0 Å². The van der Waals surface area contributed by atoms with Crippen LogP contribution in [0.5, 0.6) is 0 Å². The number of nitrogens with one attached hydrogen (secondary N) is 2. The summed E-state index contributed by atoms with van der Waals surface area (Å²) < 4.78 is 0. The van der Waals surface area contributed by atoms with E-state index < -0.39 is 0 Å². The van der Waals surface area contributed by atoms with E-state index in [1.807, 2.05) is 52.0 Å². The topological polar surface area (TPSA) is 70.7 Å². The molecule has 0 radical (unpaired) electrons. The Hall–Kier alpha value is -2.17. The zero-order valence-corrected chi connectivity index (χ0v) is 12.3. The molecule has 20 heavy (non-hydrogen) atoms. The molecule has 2 aromatic rings. The number of carbonyl (C=O) groups excluding carboxylic acids is 1. The fraction of sp³-hybridized carbons (Fsp3) is 0.400. The standard InChI is InChI=1S/C15H20N4O/c1-10-5-7-11(8-6-10)9-16-13(20)12-17-14(19-18-12)15(2,3)4/h5-8H,9H2,1-4H3,(H,16,20)(H,17,18,19). The molecule has 106 valence electrons. The molecule has 1 amide bonds. The molecule has 5 heteroatoms. The molecule has 2 rings (SSSR count). The van der Waals surface area contributed by atoms with Gasteiger partial charge in [0, 0.05) is 12.0 Å². The summed E-state index contributed by atoms with van der Waals surface area (Å²) in [6.07, 6.45) is 0. The minimum atomic E-state index is -0.266. The Kier molecular flexibility index (Phi) is 3.88. The molecule has 0 aliphatic rings. The molecular weight excluding hydrogens is 252 g/mol. The first-order chi connectivity index (χ1) is 9.36. The number of rotatable bonds is 3. The van der Waals surface area contributed by atoms with E-state index in [1.165, 1.54) is 5.56 Å². The summed E-state index contributed by atoms with van der Waals surface area (Å²) in [6, 6.07) is 8.03. The Bertz CT molecular complexity index is 593. The minimum absolute atomic E-state index is 0.150. The second-order valence-electron chi connectivity index (χ2n) is 5.93. The van der Waals surface area contributed by atoms with Crippen molar-refractivity contribution < 1.29 is 4.79 Å². The minimum Gasteiger partial charge on any atom is -0.345 e. The molecular formula is C15H20N4O. The van der Waals surface area contributed by atoms with Crippen molar-refractivity contribution >= 4 is 5.91 Å². The highest BCUT2D eigenvalue weighted by molar-refractivity contribution is 5.90. The van der Waals surface area contributed by atoms with Crippen LogP contribution in [0.3, 0.4) is 0 Å². The third-order valence-corrected chi connectivity index (χ3v) is 2.97. The Morgan fingerprint density at radius 1 is 1.25 bits per heavy atom. The zero-order chi connectivity index (χ0) is 14.8. The molecule has 0 spiro atoms. The van der Waals surface area contributed by atoms with Crippen LogP contribution in [0.2, 0.25) is 0 Å². The van der Waals surface area contributed by atoms with Gasteiger partial charge in [-0.15, -0.1) is 5.10 Å². The molecule has 0 saturated heterocycles. The molecule has 2 N–H and O–H groups in total. The molecule has 0 fully saturated rings. The van der Waals surface area contributed by atoms with E-state index in [2.05, 4.69) is 20.5 Å². The van der Waals surface area contributed by atoms with Crippen LogP contribution in [0.4, 0.5) is 0 Å². The molecule has 1 aromatic carbocycles. The number of amides is 1. The highest BCUT2D eigenvalue weighted by atomic mass is 16.2. The zero-order valence-electron chi connectivity index (χ0n) is 12.3. The molecule has 0 atom stereocenters. The average Bonchev–Trinajstić information content (AvgIpc) is 2.87. The number of aryl methyl sites for hydroxylation is 1. The van der Waals surface area contributed by atoms with Gasteiger partial charge in [0.1, 0.15) is 5.82 Å². The van der Waals surface area contributed by atoms with Crippen molar-refractivity contribution in [3.63, 3.8) is 0 Å². The van der Waals surface area contributed by atoms with Gasteiger partial charge in [-0.3, -0.25) is 9.89 Å². The maximum absolute atomic E-state index is 12.0. The molecule has 0 aliphatic carbocycles. The molecule has 1 aromatic heterocycles. The SMILES string of the molecule is Cc1ccc(CNC(=O)c2n[nH]c(C(C)(C)C)n2)cc1. The van der Waals surface area contributed by atoms with Gasteiger partial charge < -0.3 is 5.32 Å². The van der Waals surface area contributed by atoms with E-state index in [4.69, 9.17) is 0 Å². The predicted molar refractivity (Wildman–Crippen MR) is 77.4 cm³/mol. The maximum atomic E-state index is 12.0. The largest absolute Gasteiger partial charge is 0.345 e. The molecule has 0 bridgehead atoms. The van der Waals surface area contributed by atoms with Crippen LogP contribution in [0, 0.1) is 6.92 Å². The smallest absolute Gasteiger partial charge is 0.291 e. The van der Waals surface area contributed by atoms with Gasteiger partial charge in [0.05, 0.1) is 0 Å². The van der Waals surface area contributed by atoms with Crippen LogP contribution in [0.25, 0.3) is 0 Å². The average molecular weight is 272 g/mol. The van der Waals surface area contributed by atoms with Crippen molar-refractivity contribution in [2.45, 2.75) is 39.7 Å². The summed E-state index contributed by atoms with van der Waals surface area (Å²) in [5, 5.41) is 9.59. The summed E-state index contributed by atoms with van der Waals surface area (Å²) >= 11 is 0. The second kappa shape index (κ2) is 5.45. The summed E-state index contributed by atoms with van der Waals surface area (Å²) in [4.78, 5) is 16.2. The fourth-order valence-corrected chi connectivity index (χ4v) is 1.67. The van der Waals surface area contributed by atoms with Crippen molar-refractivity contribution in [3.05, 3.63) is 47.0 Å². The van der Waals surface area contributed by atoms with Crippen molar-refractivity contribution in [2.75, 3.05) is 0 Å². The lowest BCUT2D eigenvalue weighted by Gasteiger charge is -2.12. The van der Waals surface area contributed by atoms with Crippen LogP contribution in [-0.2, 0) is 12.0 Å². The summed E-state index contributed by atoms with van der Waals surface area (Å²) in [5.41, 5.74) is 2.10. The van der Waals surface area contributed by atoms with Gasteiger partial charge in [-0.2, -0.15) is 0 Å². The van der Waals surface area contributed by atoms with Gasteiger partial charge in [-0.1, -0.05) is 50.6 Å². The number of H-pyrrole nitrogens is 1. The van der Waals surface area contributed by atoms with E-state index in [0.29, 0.717) is 12.4 Å². The van der Waals surface area contributed by atoms with Gasteiger partial charge in [0.2, 0.25) is 5.82 Å². The Balaban J connectivity index is 1.98. The van der Waals surface area contributed by atoms with Crippen LogP contribution in [-0.4, -0.2) is 21.1 Å². The normalized spacial score (nSPS) is 11.4. The first kappa shape index (κ1) is 14.2. The maximum Gasteiger partial charge on any atom is 0.291 e. The lowest BCUT2D eigenvalue weighted by Crippen LogP contribution is -2.24. The highest BCUT2D eigenvalue weighted by Crippen LogP contribution is 2.17.